The van der Waals surface area contributed by atoms with Gasteiger partial charge in [-0.25, -0.2) is 0 Å². The zero-order valence-electron chi connectivity index (χ0n) is 15.2. The fourth-order valence-corrected chi connectivity index (χ4v) is 2.87. The summed E-state index contributed by atoms with van der Waals surface area (Å²) in [5.41, 5.74) is 2.77. The van der Waals surface area contributed by atoms with Crippen molar-refractivity contribution in [2.24, 2.45) is 0 Å². The lowest BCUT2D eigenvalue weighted by atomic mass is 10.1. The van der Waals surface area contributed by atoms with Crippen molar-refractivity contribution in [3.05, 3.63) is 99.1 Å². The highest BCUT2D eigenvalue weighted by atomic mass is 127. The quantitative estimate of drug-likeness (QED) is 0.288. The molecule has 140 valence electrons. The average Bonchev–Trinajstić information content (AvgIpc) is 2.73. The van der Waals surface area contributed by atoms with E-state index in [2.05, 4.69) is 27.9 Å². The number of ketones is 1. The number of halogens is 1. The molecule has 1 N–H and O–H groups in total. The molecule has 3 aromatic rings. The molecule has 0 aliphatic rings. The van der Waals surface area contributed by atoms with E-state index in [1.807, 2.05) is 36.4 Å². The van der Waals surface area contributed by atoms with Gasteiger partial charge in [0.2, 0.25) is 0 Å². The Labute approximate surface area is 177 Å². The first kappa shape index (κ1) is 19.8. The highest BCUT2D eigenvalue weighted by molar-refractivity contribution is 14.1. The van der Waals surface area contributed by atoms with Gasteiger partial charge in [0.15, 0.2) is 5.78 Å². The van der Waals surface area contributed by atoms with Crippen LogP contribution in [0.2, 0.25) is 0 Å². The first-order chi connectivity index (χ1) is 13.5. The van der Waals surface area contributed by atoms with Gasteiger partial charge < -0.3 is 10.1 Å². The van der Waals surface area contributed by atoms with Crippen molar-refractivity contribution in [1.82, 2.24) is 0 Å². The molecular weight excluding hydrogens is 465 g/mol. The van der Waals surface area contributed by atoms with Crippen molar-refractivity contribution in [3.8, 4) is 5.75 Å². The normalized spacial score (nSPS) is 10.6. The van der Waals surface area contributed by atoms with E-state index in [0.29, 0.717) is 22.6 Å². The Morgan fingerprint density at radius 1 is 0.857 bits per heavy atom. The molecule has 1 amide bonds. The number of hydrogen-bond acceptors (Lipinski definition) is 3. The molecule has 0 radical (unpaired) electrons. The number of methoxy groups -OCH3 is 1. The maximum atomic E-state index is 12.2. The molecule has 0 spiro atoms. The van der Waals surface area contributed by atoms with Crippen molar-refractivity contribution in [3.63, 3.8) is 0 Å². The van der Waals surface area contributed by atoms with Crippen molar-refractivity contribution in [2.45, 2.75) is 0 Å². The second kappa shape index (κ2) is 9.32. The lowest BCUT2D eigenvalue weighted by Crippen LogP contribution is -2.11. The molecule has 28 heavy (non-hydrogen) atoms. The molecule has 4 nitrogen and oxygen atoms in total. The van der Waals surface area contributed by atoms with Crippen molar-refractivity contribution >= 4 is 46.0 Å². The minimum absolute atomic E-state index is 0.0845. The first-order valence-electron chi connectivity index (χ1n) is 8.58. The molecule has 0 fully saturated rings. The van der Waals surface area contributed by atoms with Gasteiger partial charge in [0.1, 0.15) is 5.75 Å². The average molecular weight is 483 g/mol. The summed E-state index contributed by atoms with van der Waals surface area (Å²) in [6, 6.07) is 21.7. The number of carbonyl (C=O) groups excluding carboxylic acids is 2. The highest BCUT2D eigenvalue weighted by Crippen LogP contribution is 2.15. The van der Waals surface area contributed by atoms with Crippen LogP contribution in [-0.4, -0.2) is 18.8 Å². The Morgan fingerprint density at radius 3 is 2.07 bits per heavy atom. The zero-order chi connectivity index (χ0) is 19.9. The predicted molar refractivity (Wildman–Crippen MR) is 120 cm³/mol. The molecule has 5 heteroatoms. The smallest absolute Gasteiger partial charge is 0.255 e. The van der Waals surface area contributed by atoms with Crippen LogP contribution in [0.5, 0.6) is 5.75 Å². The molecule has 0 aromatic heterocycles. The minimum Gasteiger partial charge on any atom is -0.497 e. The van der Waals surface area contributed by atoms with Crippen LogP contribution in [0.4, 0.5) is 5.69 Å². The summed E-state index contributed by atoms with van der Waals surface area (Å²) in [7, 11) is 1.59. The van der Waals surface area contributed by atoms with E-state index >= 15 is 0 Å². The Kier molecular flexibility index (Phi) is 6.60. The van der Waals surface area contributed by atoms with E-state index in [1.54, 1.807) is 49.6 Å². The number of amides is 1. The Bertz CT molecular complexity index is 992. The van der Waals surface area contributed by atoms with Gasteiger partial charge in [-0.1, -0.05) is 18.2 Å². The van der Waals surface area contributed by atoms with Crippen molar-refractivity contribution < 1.29 is 14.3 Å². The van der Waals surface area contributed by atoms with E-state index in [0.717, 1.165) is 9.13 Å². The molecule has 0 aliphatic heterocycles. The molecule has 0 aliphatic carbocycles. The molecule has 0 heterocycles. The largest absolute Gasteiger partial charge is 0.497 e. The summed E-state index contributed by atoms with van der Waals surface area (Å²) < 4.78 is 6.17. The van der Waals surface area contributed by atoms with Crippen LogP contribution in [0.25, 0.3) is 6.08 Å². The fourth-order valence-electron chi connectivity index (χ4n) is 2.51. The number of anilines is 1. The standard InChI is InChI=1S/C23H18INO3/c1-28-21-13-7-17(8-14-21)22(26)15-4-16-2-11-20(12-3-16)25-23(27)18-5-9-19(24)10-6-18/h2-15H,1H3,(H,25,27). The highest BCUT2D eigenvalue weighted by Gasteiger charge is 2.06. The van der Waals surface area contributed by atoms with Crippen LogP contribution in [-0.2, 0) is 0 Å². The molecule has 3 aromatic carbocycles. The van der Waals surface area contributed by atoms with Gasteiger partial charge in [0.05, 0.1) is 7.11 Å². The lowest BCUT2D eigenvalue weighted by molar-refractivity contribution is 0.102. The van der Waals surface area contributed by atoms with Crippen molar-refractivity contribution in [1.29, 1.82) is 0 Å². The van der Waals surface area contributed by atoms with Gasteiger partial charge in [-0.05, 0) is 94.9 Å². The minimum atomic E-state index is -0.158. The molecule has 0 bridgehead atoms. The molecule has 0 unspecified atom stereocenters. The summed E-state index contributed by atoms with van der Waals surface area (Å²) >= 11 is 2.20. The predicted octanol–water partition coefficient (Wildman–Crippen LogP) is 5.45. The van der Waals surface area contributed by atoms with Gasteiger partial charge >= 0.3 is 0 Å². The van der Waals surface area contributed by atoms with Crippen LogP contribution >= 0.6 is 22.6 Å². The van der Waals surface area contributed by atoms with Crippen molar-refractivity contribution in [2.75, 3.05) is 12.4 Å². The van der Waals surface area contributed by atoms with Crippen LogP contribution in [0.15, 0.2) is 78.9 Å². The van der Waals surface area contributed by atoms with Crippen LogP contribution in [0.1, 0.15) is 26.3 Å². The number of benzene rings is 3. The molecule has 0 saturated heterocycles. The number of rotatable bonds is 6. The maximum absolute atomic E-state index is 12.2. The summed E-state index contributed by atoms with van der Waals surface area (Å²) in [6.07, 6.45) is 3.28. The van der Waals surface area contributed by atoms with Gasteiger partial charge in [-0.3, -0.25) is 9.59 Å². The third-order valence-corrected chi connectivity index (χ3v) is 4.80. The number of ether oxygens (including phenoxy) is 1. The van der Waals surface area contributed by atoms with E-state index in [1.165, 1.54) is 6.08 Å². The van der Waals surface area contributed by atoms with Gasteiger partial charge in [-0.2, -0.15) is 0 Å². The zero-order valence-corrected chi connectivity index (χ0v) is 17.3. The summed E-state index contributed by atoms with van der Waals surface area (Å²) in [6.45, 7) is 0. The number of hydrogen-bond donors (Lipinski definition) is 1. The SMILES string of the molecule is COc1ccc(C(=O)C=Cc2ccc(NC(=O)c3ccc(I)cc3)cc2)cc1. The monoisotopic (exact) mass is 483 g/mol. The number of allylic oxidation sites excluding steroid dienone is 1. The second-order valence-corrected chi connectivity index (χ2v) is 7.25. The lowest BCUT2D eigenvalue weighted by Gasteiger charge is -2.06. The topological polar surface area (TPSA) is 55.4 Å². The van der Waals surface area contributed by atoms with Crippen LogP contribution < -0.4 is 10.1 Å². The van der Waals surface area contributed by atoms with E-state index in [-0.39, 0.29) is 11.7 Å². The maximum Gasteiger partial charge on any atom is 0.255 e. The second-order valence-electron chi connectivity index (χ2n) is 6.01. The van der Waals surface area contributed by atoms with E-state index in [4.69, 9.17) is 4.74 Å². The molecule has 0 saturated carbocycles. The van der Waals surface area contributed by atoms with Crippen LogP contribution in [0, 0.1) is 3.57 Å². The van der Waals surface area contributed by atoms with Gasteiger partial charge in [0.25, 0.3) is 5.91 Å². The number of nitrogens with one attached hydrogen (secondary N) is 1. The molecular formula is C23H18INO3. The Morgan fingerprint density at radius 2 is 1.46 bits per heavy atom. The van der Waals surface area contributed by atoms with Crippen LogP contribution in [0.3, 0.4) is 0 Å². The first-order valence-corrected chi connectivity index (χ1v) is 9.66. The summed E-state index contributed by atoms with van der Waals surface area (Å²) in [4.78, 5) is 24.5. The van der Waals surface area contributed by atoms with E-state index in [9.17, 15) is 9.59 Å². The third-order valence-electron chi connectivity index (χ3n) is 4.08. The summed E-state index contributed by atoms with van der Waals surface area (Å²) in [5.74, 6) is 0.469. The third kappa shape index (κ3) is 5.29. The Balaban J connectivity index is 1.61. The Hall–Kier alpha value is -2.93. The number of carbonyl (C=O) groups is 2. The molecule has 3 rings (SSSR count). The molecule has 0 atom stereocenters. The fraction of sp³-hybridized carbons (Fsp3) is 0.0435. The van der Waals surface area contributed by atoms with Gasteiger partial charge in [0, 0.05) is 20.4 Å². The van der Waals surface area contributed by atoms with Gasteiger partial charge in [-0.15, -0.1) is 0 Å². The summed E-state index contributed by atoms with van der Waals surface area (Å²) in [5, 5.41) is 2.86. The van der Waals surface area contributed by atoms with E-state index < -0.39 is 0 Å².